The summed E-state index contributed by atoms with van der Waals surface area (Å²) in [7, 11) is -3.17. The SMILES string of the molecule is CCC1(CC)CC(NS(=O)(=O)CCCNC2CC2)CCO1. The summed E-state index contributed by atoms with van der Waals surface area (Å²) >= 11 is 0. The summed E-state index contributed by atoms with van der Waals surface area (Å²) in [6, 6.07) is 0.672. The van der Waals surface area contributed by atoms with Crippen molar-refractivity contribution >= 4 is 10.0 Å². The minimum atomic E-state index is -3.17. The molecule has 0 spiro atoms. The van der Waals surface area contributed by atoms with Gasteiger partial charge < -0.3 is 10.1 Å². The van der Waals surface area contributed by atoms with Gasteiger partial charge in [-0.3, -0.25) is 0 Å². The molecular weight excluding hydrogens is 288 g/mol. The summed E-state index contributed by atoms with van der Waals surface area (Å²) in [5.41, 5.74) is -0.140. The maximum Gasteiger partial charge on any atom is 0.211 e. The Bertz CT molecular complexity index is 417. The molecule has 1 unspecified atom stereocenters. The number of rotatable bonds is 9. The fourth-order valence-electron chi connectivity index (χ4n) is 3.04. The number of nitrogens with one attached hydrogen (secondary N) is 2. The summed E-state index contributed by atoms with van der Waals surface area (Å²) in [5, 5.41) is 3.35. The standard InChI is InChI=1S/C15H30N2O3S/c1-3-15(4-2)12-14(8-10-20-15)17-21(18,19)11-5-9-16-13-6-7-13/h13-14,16-17H,3-12H2,1-2H3. The van der Waals surface area contributed by atoms with Crippen molar-refractivity contribution in [2.45, 2.75) is 76.5 Å². The largest absolute Gasteiger partial charge is 0.375 e. The van der Waals surface area contributed by atoms with Gasteiger partial charge in [-0.1, -0.05) is 13.8 Å². The van der Waals surface area contributed by atoms with E-state index in [2.05, 4.69) is 23.9 Å². The highest BCUT2D eigenvalue weighted by Crippen LogP contribution is 2.31. The molecule has 2 aliphatic rings. The quantitative estimate of drug-likeness (QED) is 0.636. The van der Waals surface area contributed by atoms with Crippen LogP contribution in [0.1, 0.15) is 58.8 Å². The summed E-state index contributed by atoms with van der Waals surface area (Å²) in [5.74, 6) is 0.218. The molecule has 1 saturated heterocycles. The van der Waals surface area contributed by atoms with Crippen molar-refractivity contribution in [3.05, 3.63) is 0 Å². The van der Waals surface area contributed by atoms with Crippen molar-refractivity contribution in [2.24, 2.45) is 0 Å². The first-order chi connectivity index (χ1) is 9.99. The molecule has 1 saturated carbocycles. The highest BCUT2D eigenvalue weighted by Gasteiger charge is 2.35. The predicted molar refractivity (Wildman–Crippen MR) is 84.9 cm³/mol. The first-order valence-corrected chi connectivity index (χ1v) is 10.0. The molecule has 6 heteroatoms. The van der Waals surface area contributed by atoms with Crippen LogP contribution in [-0.4, -0.2) is 45.0 Å². The van der Waals surface area contributed by atoms with Crippen LogP contribution in [0.5, 0.6) is 0 Å². The molecule has 0 radical (unpaired) electrons. The van der Waals surface area contributed by atoms with Crippen molar-refractivity contribution in [1.82, 2.24) is 10.0 Å². The van der Waals surface area contributed by atoms with Crippen LogP contribution in [-0.2, 0) is 14.8 Å². The lowest BCUT2D eigenvalue weighted by Crippen LogP contribution is -2.48. The summed E-state index contributed by atoms with van der Waals surface area (Å²) in [6.45, 7) is 5.68. The van der Waals surface area contributed by atoms with Crippen molar-refractivity contribution in [2.75, 3.05) is 18.9 Å². The van der Waals surface area contributed by atoms with Gasteiger partial charge in [0.25, 0.3) is 0 Å². The Labute approximate surface area is 129 Å². The summed E-state index contributed by atoms with van der Waals surface area (Å²) in [6.07, 6.45) is 6.61. The lowest BCUT2D eigenvalue weighted by Gasteiger charge is -2.40. The number of hydrogen-bond donors (Lipinski definition) is 2. The molecule has 21 heavy (non-hydrogen) atoms. The van der Waals surface area contributed by atoms with E-state index in [-0.39, 0.29) is 17.4 Å². The molecule has 5 nitrogen and oxygen atoms in total. The monoisotopic (exact) mass is 318 g/mol. The first-order valence-electron chi connectivity index (χ1n) is 8.36. The van der Waals surface area contributed by atoms with Crippen LogP contribution in [0.3, 0.4) is 0 Å². The maximum atomic E-state index is 12.2. The Hall–Kier alpha value is -0.170. The predicted octanol–water partition coefficient (Wildman–Crippen LogP) is 1.79. The topological polar surface area (TPSA) is 67.4 Å². The molecule has 1 aliphatic heterocycles. The third-order valence-corrected chi connectivity index (χ3v) is 6.25. The van der Waals surface area contributed by atoms with E-state index in [9.17, 15) is 8.42 Å². The Kier molecular flexibility index (Phi) is 6.05. The van der Waals surface area contributed by atoms with Gasteiger partial charge in [0.05, 0.1) is 11.4 Å². The lowest BCUT2D eigenvalue weighted by molar-refractivity contribution is -0.0905. The highest BCUT2D eigenvalue weighted by atomic mass is 32.2. The smallest absolute Gasteiger partial charge is 0.211 e. The van der Waals surface area contributed by atoms with E-state index in [1.807, 2.05) is 0 Å². The molecule has 2 N–H and O–H groups in total. The van der Waals surface area contributed by atoms with Gasteiger partial charge in [-0.2, -0.15) is 0 Å². The highest BCUT2D eigenvalue weighted by molar-refractivity contribution is 7.89. The lowest BCUT2D eigenvalue weighted by atomic mass is 9.86. The fourth-order valence-corrected chi connectivity index (χ4v) is 4.39. The molecule has 2 rings (SSSR count). The third-order valence-electron chi connectivity index (χ3n) is 4.73. The van der Waals surface area contributed by atoms with E-state index in [0.29, 0.717) is 19.1 Å². The molecule has 0 amide bonds. The van der Waals surface area contributed by atoms with Gasteiger partial charge in [-0.05, 0) is 51.5 Å². The molecule has 0 bridgehead atoms. The van der Waals surface area contributed by atoms with Crippen LogP contribution < -0.4 is 10.0 Å². The second kappa shape index (κ2) is 7.40. The molecule has 1 aliphatic carbocycles. The van der Waals surface area contributed by atoms with Gasteiger partial charge in [-0.25, -0.2) is 13.1 Å². The molecule has 1 atom stereocenters. The second-order valence-electron chi connectivity index (χ2n) is 6.45. The van der Waals surface area contributed by atoms with E-state index < -0.39 is 10.0 Å². The second-order valence-corrected chi connectivity index (χ2v) is 8.32. The van der Waals surface area contributed by atoms with Crippen LogP contribution in [0.15, 0.2) is 0 Å². The fraction of sp³-hybridized carbons (Fsp3) is 1.00. The number of ether oxygens (including phenoxy) is 1. The normalized spacial score (nSPS) is 25.9. The first kappa shape index (κ1) is 17.2. The van der Waals surface area contributed by atoms with Gasteiger partial charge in [0.2, 0.25) is 10.0 Å². The molecule has 1 heterocycles. The minimum Gasteiger partial charge on any atom is -0.375 e. The van der Waals surface area contributed by atoms with Crippen molar-refractivity contribution in [3.8, 4) is 0 Å². The van der Waals surface area contributed by atoms with Crippen LogP contribution in [0.25, 0.3) is 0 Å². The zero-order valence-electron chi connectivity index (χ0n) is 13.4. The Balaban J connectivity index is 1.75. The van der Waals surface area contributed by atoms with Crippen molar-refractivity contribution in [1.29, 1.82) is 0 Å². The molecule has 124 valence electrons. The minimum absolute atomic E-state index is 0.0278. The van der Waals surface area contributed by atoms with E-state index in [4.69, 9.17) is 4.74 Å². The van der Waals surface area contributed by atoms with Crippen LogP contribution >= 0.6 is 0 Å². The molecular formula is C15H30N2O3S. The zero-order valence-corrected chi connectivity index (χ0v) is 14.2. The molecule has 2 fully saturated rings. The van der Waals surface area contributed by atoms with Gasteiger partial charge in [0.1, 0.15) is 0 Å². The number of hydrogen-bond acceptors (Lipinski definition) is 4. The van der Waals surface area contributed by atoms with Crippen LogP contribution in [0.2, 0.25) is 0 Å². The van der Waals surface area contributed by atoms with Gasteiger partial charge in [-0.15, -0.1) is 0 Å². The molecule has 0 aromatic rings. The third kappa shape index (κ3) is 5.51. The maximum absolute atomic E-state index is 12.2. The Morgan fingerprint density at radius 2 is 1.86 bits per heavy atom. The Morgan fingerprint density at radius 1 is 1.14 bits per heavy atom. The van der Waals surface area contributed by atoms with E-state index in [1.54, 1.807) is 0 Å². The van der Waals surface area contributed by atoms with Crippen LogP contribution in [0.4, 0.5) is 0 Å². The van der Waals surface area contributed by atoms with Gasteiger partial charge in [0.15, 0.2) is 0 Å². The zero-order chi connectivity index (χ0) is 15.3. The Morgan fingerprint density at radius 3 is 2.48 bits per heavy atom. The summed E-state index contributed by atoms with van der Waals surface area (Å²) < 4.78 is 33.1. The van der Waals surface area contributed by atoms with Crippen molar-refractivity contribution < 1.29 is 13.2 Å². The van der Waals surface area contributed by atoms with E-state index in [0.717, 1.165) is 32.2 Å². The van der Waals surface area contributed by atoms with E-state index in [1.165, 1.54) is 12.8 Å². The van der Waals surface area contributed by atoms with Gasteiger partial charge in [0, 0.05) is 18.7 Å². The van der Waals surface area contributed by atoms with Crippen LogP contribution in [0, 0.1) is 0 Å². The van der Waals surface area contributed by atoms with Crippen molar-refractivity contribution in [3.63, 3.8) is 0 Å². The molecule has 0 aromatic carbocycles. The number of sulfonamides is 1. The molecule has 0 aromatic heterocycles. The van der Waals surface area contributed by atoms with E-state index >= 15 is 0 Å². The van der Waals surface area contributed by atoms with Gasteiger partial charge >= 0.3 is 0 Å². The average Bonchev–Trinajstić information content (AvgIpc) is 3.27. The average molecular weight is 318 g/mol. The summed E-state index contributed by atoms with van der Waals surface area (Å²) in [4.78, 5) is 0.